The van der Waals surface area contributed by atoms with Crippen molar-refractivity contribution < 1.29 is 0 Å². The van der Waals surface area contributed by atoms with Gasteiger partial charge >= 0.3 is 0 Å². The predicted octanol–water partition coefficient (Wildman–Crippen LogP) is 3.69. The van der Waals surface area contributed by atoms with Crippen molar-refractivity contribution in [2.24, 2.45) is 0 Å². The van der Waals surface area contributed by atoms with Crippen molar-refractivity contribution in [2.45, 2.75) is 32.6 Å². The number of hydrogen-bond donors (Lipinski definition) is 1. The first-order valence-corrected chi connectivity index (χ1v) is 7.23. The Labute approximate surface area is 120 Å². The minimum Gasteiger partial charge on any atom is -0.306 e. The molecule has 4 heteroatoms. The molecule has 1 N–H and O–H groups in total. The highest BCUT2D eigenvalue weighted by molar-refractivity contribution is 9.10. The van der Waals surface area contributed by atoms with Crippen LogP contribution in [0.3, 0.4) is 0 Å². The molecule has 0 bridgehead atoms. The fourth-order valence-corrected chi connectivity index (χ4v) is 2.82. The quantitative estimate of drug-likeness (QED) is 0.917. The second-order valence-electron chi connectivity index (χ2n) is 5.21. The van der Waals surface area contributed by atoms with Crippen molar-refractivity contribution in [3.05, 3.63) is 49.8 Å². The predicted molar refractivity (Wildman–Crippen MR) is 79.4 cm³/mol. The fraction of sp³-hybridized carbons (Fsp3) is 0.333. The van der Waals surface area contributed by atoms with Gasteiger partial charge in [-0.05, 0) is 48.2 Å². The van der Waals surface area contributed by atoms with Gasteiger partial charge in [0.05, 0.1) is 5.69 Å². The highest BCUT2D eigenvalue weighted by Gasteiger charge is 2.29. The second kappa shape index (κ2) is 4.60. The Hall–Kier alpha value is -1.42. The molecule has 3 rings (SSSR count). The van der Waals surface area contributed by atoms with E-state index in [1.165, 1.54) is 5.56 Å². The van der Waals surface area contributed by atoms with E-state index in [0.717, 1.165) is 29.7 Å². The molecule has 1 fully saturated rings. The Kier molecular flexibility index (Phi) is 3.05. The summed E-state index contributed by atoms with van der Waals surface area (Å²) in [7, 11) is 0. The van der Waals surface area contributed by atoms with E-state index in [0.29, 0.717) is 16.2 Å². The molecule has 0 spiro atoms. The standard InChI is InChI=1S/C15H15BrN2O/c1-8-3-6-11(9(2)7-8)14-17-13(10-4-5-10)12(16)15(19)18-14/h3,6-7,10H,4-5H2,1-2H3,(H,17,18,19). The number of H-pyrrole nitrogens is 1. The topological polar surface area (TPSA) is 45.8 Å². The molecule has 1 aliphatic rings. The van der Waals surface area contributed by atoms with Gasteiger partial charge in [-0.25, -0.2) is 4.98 Å². The lowest BCUT2D eigenvalue weighted by Gasteiger charge is -2.09. The van der Waals surface area contributed by atoms with Gasteiger partial charge in [-0.15, -0.1) is 0 Å². The van der Waals surface area contributed by atoms with E-state index in [1.807, 2.05) is 19.1 Å². The van der Waals surface area contributed by atoms with Gasteiger partial charge in [-0.3, -0.25) is 4.79 Å². The average molecular weight is 319 g/mol. The summed E-state index contributed by atoms with van der Waals surface area (Å²) in [5, 5.41) is 0. The summed E-state index contributed by atoms with van der Waals surface area (Å²) >= 11 is 3.35. The van der Waals surface area contributed by atoms with Crippen LogP contribution in [0.15, 0.2) is 27.5 Å². The number of nitrogens with one attached hydrogen (secondary N) is 1. The van der Waals surface area contributed by atoms with E-state index < -0.39 is 0 Å². The van der Waals surface area contributed by atoms with E-state index in [1.54, 1.807) is 0 Å². The van der Waals surface area contributed by atoms with Gasteiger partial charge in [0.25, 0.3) is 5.56 Å². The fourth-order valence-electron chi connectivity index (χ4n) is 2.31. The van der Waals surface area contributed by atoms with Gasteiger partial charge in [0.1, 0.15) is 10.3 Å². The largest absolute Gasteiger partial charge is 0.306 e. The van der Waals surface area contributed by atoms with Crippen LogP contribution in [-0.2, 0) is 0 Å². The summed E-state index contributed by atoms with van der Waals surface area (Å²) in [6.07, 6.45) is 2.25. The van der Waals surface area contributed by atoms with Crippen LogP contribution in [0.1, 0.15) is 35.6 Å². The maximum absolute atomic E-state index is 12.0. The van der Waals surface area contributed by atoms with Gasteiger partial charge in [0.15, 0.2) is 0 Å². The van der Waals surface area contributed by atoms with Crippen LogP contribution in [0.5, 0.6) is 0 Å². The maximum atomic E-state index is 12.0. The lowest BCUT2D eigenvalue weighted by atomic mass is 10.1. The molecule has 1 aliphatic carbocycles. The summed E-state index contributed by atoms with van der Waals surface area (Å²) < 4.78 is 0.587. The second-order valence-corrected chi connectivity index (χ2v) is 6.00. The number of halogens is 1. The Balaban J connectivity index is 2.17. The first-order chi connectivity index (χ1) is 9.06. The minimum absolute atomic E-state index is 0.0909. The Morgan fingerprint density at radius 2 is 2.05 bits per heavy atom. The zero-order chi connectivity index (χ0) is 13.6. The van der Waals surface area contributed by atoms with E-state index in [2.05, 4.69) is 38.9 Å². The Morgan fingerprint density at radius 1 is 1.32 bits per heavy atom. The normalized spacial score (nSPS) is 14.7. The molecule has 0 atom stereocenters. The van der Waals surface area contributed by atoms with Crippen LogP contribution < -0.4 is 5.56 Å². The number of aromatic amines is 1. The molecular weight excluding hydrogens is 304 g/mol. The van der Waals surface area contributed by atoms with Crippen LogP contribution >= 0.6 is 15.9 Å². The first kappa shape index (κ1) is 12.6. The summed E-state index contributed by atoms with van der Waals surface area (Å²) in [6.45, 7) is 4.10. The van der Waals surface area contributed by atoms with Gasteiger partial charge in [0, 0.05) is 11.5 Å². The van der Waals surface area contributed by atoms with E-state index in [4.69, 9.17) is 0 Å². The monoisotopic (exact) mass is 318 g/mol. The van der Waals surface area contributed by atoms with Gasteiger partial charge in [-0.1, -0.05) is 23.8 Å². The molecule has 0 amide bonds. The van der Waals surface area contributed by atoms with Crippen molar-refractivity contribution in [3.63, 3.8) is 0 Å². The molecule has 1 aromatic carbocycles. The molecule has 19 heavy (non-hydrogen) atoms. The van der Waals surface area contributed by atoms with Gasteiger partial charge in [0.2, 0.25) is 0 Å². The summed E-state index contributed by atoms with van der Waals surface area (Å²) in [6, 6.07) is 6.17. The third kappa shape index (κ3) is 2.37. The van der Waals surface area contributed by atoms with E-state index in [-0.39, 0.29) is 5.56 Å². The molecule has 2 aromatic rings. The lowest BCUT2D eigenvalue weighted by molar-refractivity contribution is 0.958. The zero-order valence-corrected chi connectivity index (χ0v) is 12.5. The SMILES string of the molecule is Cc1ccc(-c2nc(C3CC3)c(Br)c(=O)[nH]2)c(C)c1. The molecule has 0 saturated heterocycles. The number of aryl methyl sites for hydroxylation is 2. The summed E-state index contributed by atoms with van der Waals surface area (Å²) in [5.74, 6) is 1.12. The maximum Gasteiger partial charge on any atom is 0.265 e. The average Bonchev–Trinajstić information content (AvgIpc) is 3.17. The van der Waals surface area contributed by atoms with Gasteiger partial charge < -0.3 is 4.98 Å². The summed E-state index contributed by atoms with van der Waals surface area (Å²) in [5.41, 5.74) is 4.15. The molecule has 98 valence electrons. The molecule has 1 heterocycles. The van der Waals surface area contributed by atoms with Crippen LogP contribution in [-0.4, -0.2) is 9.97 Å². The molecule has 0 radical (unpaired) electrons. The van der Waals surface area contributed by atoms with Crippen molar-refractivity contribution in [1.82, 2.24) is 9.97 Å². The van der Waals surface area contributed by atoms with Crippen molar-refractivity contribution in [3.8, 4) is 11.4 Å². The van der Waals surface area contributed by atoms with Crippen LogP contribution in [0.4, 0.5) is 0 Å². The lowest BCUT2D eigenvalue weighted by Crippen LogP contribution is -2.13. The number of benzene rings is 1. The number of hydrogen-bond acceptors (Lipinski definition) is 2. The number of aromatic nitrogens is 2. The van der Waals surface area contributed by atoms with Crippen molar-refractivity contribution in [1.29, 1.82) is 0 Å². The van der Waals surface area contributed by atoms with E-state index >= 15 is 0 Å². The third-order valence-electron chi connectivity index (χ3n) is 3.49. The Morgan fingerprint density at radius 3 is 2.68 bits per heavy atom. The molecule has 1 aromatic heterocycles. The number of rotatable bonds is 2. The molecule has 0 unspecified atom stereocenters. The van der Waals surface area contributed by atoms with Crippen molar-refractivity contribution >= 4 is 15.9 Å². The first-order valence-electron chi connectivity index (χ1n) is 6.43. The van der Waals surface area contributed by atoms with Crippen molar-refractivity contribution in [2.75, 3.05) is 0 Å². The zero-order valence-electron chi connectivity index (χ0n) is 11.0. The van der Waals surface area contributed by atoms with Crippen LogP contribution in [0, 0.1) is 13.8 Å². The third-order valence-corrected chi connectivity index (χ3v) is 4.26. The van der Waals surface area contributed by atoms with Crippen LogP contribution in [0.25, 0.3) is 11.4 Å². The molecule has 1 saturated carbocycles. The smallest absolute Gasteiger partial charge is 0.265 e. The van der Waals surface area contributed by atoms with Gasteiger partial charge in [-0.2, -0.15) is 0 Å². The highest BCUT2D eigenvalue weighted by atomic mass is 79.9. The summed E-state index contributed by atoms with van der Waals surface area (Å²) in [4.78, 5) is 19.5. The highest BCUT2D eigenvalue weighted by Crippen LogP contribution is 2.41. The molecular formula is C15H15BrN2O. The molecule has 0 aliphatic heterocycles. The molecule has 3 nitrogen and oxygen atoms in total. The number of nitrogens with zero attached hydrogens (tertiary/aromatic N) is 1. The van der Waals surface area contributed by atoms with Crippen LogP contribution in [0.2, 0.25) is 0 Å². The minimum atomic E-state index is -0.0909. The van der Waals surface area contributed by atoms with E-state index in [9.17, 15) is 4.79 Å². The Bertz CT molecular complexity index is 702.